The highest BCUT2D eigenvalue weighted by molar-refractivity contribution is 5.89. The number of rotatable bonds is 5. The number of ether oxygens (including phenoxy) is 1. The van der Waals surface area contributed by atoms with Crippen LogP contribution in [0.3, 0.4) is 0 Å². The van der Waals surface area contributed by atoms with Crippen LogP contribution in [0.4, 0.5) is 10.5 Å². The molecule has 1 saturated carbocycles. The second-order valence-electron chi connectivity index (χ2n) is 6.93. The van der Waals surface area contributed by atoms with Gasteiger partial charge >= 0.3 is 6.03 Å². The van der Waals surface area contributed by atoms with Gasteiger partial charge in [0.1, 0.15) is 0 Å². The molecule has 1 fully saturated rings. The lowest BCUT2D eigenvalue weighted by Gasteiger charge is -2.36. The van der Waals surface area contributed by atoms with Crippen LogP contribution in [0.5, 0.6) is 0 Å². The number of nitrogens with one attached hydrogen (secondary N) is 1. The SMILES string of the molecule is CC(C)OCc1cccc(NC(=O)N(C)[C@@H]2CCCC[C@H]2C)c1. The van der Waals surface area contributed by atoms with E-state index >= 15 is 0 Å². The molecule has 0 heterocycles. The Kier molecular flexibility index (Phi) is 6.46. The molecule has 1 aromatic rings. The Morgan fingerprint density at radius 2 is 2.09 bits per heavy atom. The van der Waals surface area contributed by atoms with Crippen molar-refractivity contribution in [1.82, 2.24) is 4.90 Å². The van der Waals surface area contributed by atoms with Gasteiger partial charge in [0, 0.05) is 18.8 Å². The fraction of sp³-hybridized carbons (Fsp3) is 0.632. The van der Waals surface area contributed by atoms with E-state index in [1.807, 2.05) is 50.1 Å². The van der Waals surface area contributed by atoms with Crippen LogP contribution >= 0.6 is 0 Å². The van der Waals surface area contributed by atoms with E-state index in [2.05, 4.69) is 12.2 Å². The summed E-state index contributed by atoms with van der Waals surface area (Å²) in [4.78, 5) is 14.4. The number of anilines is 1. The highest BCUT2D eigenvalue weighted by Gasteiger charge is 2.27. The summed E-state index contributed by atoms with van der Waals surface area (Å²) in [5, 5.41) is 3.02. The highest BCUT2D eigenvalue weighted by atomic mass is 16.5. The van der Waals surface area contributed by atoms with E-state index in [-0.39, 0.29) is 12.1 Å². The van der Waals surface area contributed by atoms with Crippen LogP contribution in [0.25, 0.3) is 0 Å². The molecule has 0 radical (unpaired) electrons. The molecule has 0 aromatic heterocycles. The minimum Gasteiger partial charge on any atom is -0.374 e. The number of nitrogens with zero attached hydrogens (tertiary/aromatic N) is 1. The van der Waals surface area contributed by atoms with E-state index in [1.165, 1.54) is 19.3 Å². The molecule has 2 rings (SSSR count). The summed E-state index contributed by atoms with van der Waals surface area (Å²) in [6, 6.07) is 8.21. The van der Waals surface area contributed by atoms with Crippen molar-refractivity contribution in [2.75, 3.05) is 12.4 Å². The monoisotopic (exact) mass is 318 g/mol. The average molecular weight is 318 g/mol. The normalized spacial score (nSPS) is 21.3. The zero-order valence-corrected chi connectivity index (χ0v) is 14.8. The van der Waals surface area contributed by atoms with Gasteiger partial charge in [-0.05, 0) is 50.3 Å². The molecule has 4 heteroatoms. The third kappa shape index (κ3) is 5.24. The molecule has 0 saturated heterocycles. The van der Waals surface area contributed by atoms with Crippen molar-refractivity contribution in [2.45, 2.75) is 65.2 Å². The second kappa shape index (κ2) is 8.34. The van der Waals surface area contributed by atoms with Crippen LogP contribution in [0, 0.1) is 5.92 Å². The molecule has 0 bridgehead atoms. The van der Waals surface area contributed by atoms with Gasteiger partial charge in [0.05, 0.1) is 12.7 Å². The number of carbonyl (C=O) groups excluding carboxylic acids is 1. The van der Waals surface area contributed by atoms with Gasteiger partial charge in [-0.15, -0.1) is 0 Å². The molecule has 0 unspecified atom stereocenters. The Labute approximate surface area is 140 Å². The number of hydrogen-bond acceptors (Lipinski definition) is 2. The van der Waals surface area contributed by atoms with Crippen LogP contribution < -0.4 is 5.32 Å². The van der Waals surface area contributed by atoms with Crippen molar-refractivity contribution in [2.24, 2.45) is 5.92 Å². The maximum absolute atomic E-state index is 12.5. The summed E-state index contributed by atoms with van der Waals surface area (Å²) < 4.78 is 5.62. The third-order valence-corrected chi connectivity index (χ3v) is 4.65. The van der Waals surface area contributed by atoms with E-state index in [1.54, 1.807) is 0 Å². The van der Waals surface area contributed by atoms with Crippen LogP contribution in [0.15, 0.2) is 24.3 Å². The van der Waals surface area contributed by atoms with Gasteiger partial charge in [-0.2, -0.15) is 0 Å². The zero-order chi connectivity index (χ0) is 16.8. The van der Waals surface area contributed by atoms with Crippen molar-refractivity contribution in [3.63, 3.8) is 0 Å². The zero-order valence-electron chi connectivity index (χ0n) is 14.8. The molecular weight excluding hydrogens is 288 g/mol. The van der Waals surface area contributed by atoms with Gasteiger partial charge in [0.15, 0.2) is 0 Å². The van der Waals surface area contributed by atoms with Crippen LogP contribution in [-0.4, -0.2) is 30.1 Å². The van der Waals surface area contributed by atoms with Gasteiger partial charge < -0.3 is 15.0 Å². The molecule has 0 spiro atoms. The smallest absolute Gasteiger partial charge is 0.321 e. The Hall–Kier alpha value is -1.55. The summed E-state index contributed by atoms with van der Waals surface area (Å²) in [7, 11) is 1.91. The van der Waals surface area contributed by atoms with Gasteiger partial charge in [-0.25, -0.2) is 4.79 Å². The Morgan fingerprint density at radius 1 is 1.35 bits per heavy atom. The van der Waals surface area contributed by atoms with Crippen molar-refractivity contribution in [3.8, 4) is 0 Å². The molecule has 23 heavy (non-hydrogen) atoms. The minimum absolute atomic E-state index is 0.0225. The second-order valence-corrected chi connectivity index (χ2v) is 6.93. The molecule has 128 valence electrons. The van der Waals surface area contributed by atoms with E-state index in [0.717, 1.165) is 17.7 Å². The molecule has 0 aliphatic heterocycles. The standard InChI is InChI=1S/C19H30N2O2/c1-14(2)23-13-16-9-7-10-17(12-16)20-19(22)21(4)18-11-6-5-8-15(18)3/h7,9-10,12,14-15,18H,5-6,8,11,13H2,1-4H3,(H,20,22)/t15-,18-/m1/s1. The maximum Gasteiger partial charge on any atom is 0.321 e. The lowest BCUT2D eigenvalue weighted by atomic mass is 9.85. The Morgan fingerprint density at radius 3 is 2.78 bits per heavy atom. The average Bonchev–Trinajstić information content (AvgIpc) is 2.53. The molecule has 1 aliphatic carbocycles. The first-order valence-electron chi connectivity index (χ1n) is 8.71. The maximum atomic E-state index is 12.5. The van der Waals surface area contributed by atoms with Crippen molar-refractivity contribution in [3.05, 3.63) is 29.8 Å². The molecule has 1 aromatic carbocycles. The molecule has 4 nitrogen and oxygen atoms in total. The molecule has 2 amide bonds. The first kappa shape index (κ1) is 17.8. The lowest BCUT2D eigenvalue weighted by Crippen LogP contribution is -2.44. The predicted molar refractivity (Wildman–Crippen MR) is 94.6 cm³/mol. The van der Waals surface area contributed by atoms with E-state index in [0.29, 0.717) is 18.6 Å². The van der Waals surface area contributed by atoms with Crippen molar-refractivity contribution >= 4 is 11.7 Å². The highest BCUT2D eigenvalue weighted by Crippen LogP contribution is 2.27. The summed E-state index contributed by atoms with van der Waals surface area (Å²) in [6.07, 6.45) is 5.02. The van der Waals surface area contributed by atoms with E-state index < -0.39 is 0 Å². The number of urea groups is 1. The fourth-order valence-electron chi connectivity index (χ4n) is 3.24. The van der Waals surface area contributed by atoms with Gasteiger partial charge in [-0.1, -0.05) is 31.9 Å². The largest absolute Gasteiger partial charge is 0.374 e. The Bertz CT molecular complexity index is 516. The topological polar surface area (TPSA) is 41.6 Å². The first-order chi connectivity index (χ1) is 11.0. The summed E-state index contributed by atoms with van der Waals surface area (Å²) in [5.41, 5.74) is 1.90. The lowest BCUT2D eigenvalue weighted by molar-refractivity contribution is 0.0657. The quantitative estimate of drug-likeness (QED) is 0.858. The van der Waals surface area contributed by atoms with Crippen LogP contribution in [0.1, 0.15) is 52.0 Å². The predicted octanol–water partition coefficient (Wildman–Crippen LogP) is 4.65. The van der Waals surface area contributed by atoms with Crippen LogP contribution in [-0.2, 0) is 11.3 Å². The van der Waals surface area contributed by atoms with E-state index in [4.69, 9.17) is 4.74 Å². The van der Waals surface area contributed by atoms with Gasteiger partial charge in [0.2, 0.25) is 0 Å². The first-order valence-corrected chi connectivity index (χ1v) is 8.71. The number of benzene rings is 1. The number of hydrogen-bond donors (Lipinski definition) is 1. The summed E-state index contributed by atoms with van der Waals surface area (Å²) in [5.74, 6) is 0.574. The number of carbonyl (C=O) groups is 1. The van der Waals surface area contributed by atoms with Crippen molar-refractivity contribution < 1.29 is 9.53 Å². The van der Waals surface area contributed by atoms with Gasteiger partial charge in [-0.3, -0.25) is 0 Å². The van der Waals surface area contributed by atoms with Gasteiger partial charge in [0.25, 0.3) is 0 Å². The molecule has 1 aliphatic rings. The Balaban J connectivity index is 1.95. The molecule has 2 atom stereocenters. The molecule has 1 N–H and O–H groups in total. The third-order valence-electron chi connectivity index (χ3n) is 4.65. The molecular formula is C19H30N2O2. The van der Waals surface area contributed by atoms with Crippen molar-refractivity contribution in [1.29, 1.82) is 0 Å². The summed E-state index contributed by atoms with van der Waals surface area (Å²) >= 11 is 0. The fourth-order valence-corrected chi connectivity index (χ4v) is 3.24. The number of amides is 2. The minimum atomic E-state index is -0.0225. The van der Waals surface area contributed by atoms with E-state index in [9.17, 15) is 4.79 Å². The van der Waals surface area contributed by atoms with Crippen LogP contribution in [0.2, 0.25) is 0 Å². The summed E-state index contributed by atoms with van der Waals surface area (Å²) in [6.45, 7) is 6.85.